The number of nitrogens with zero attached hydrogens (tertiary/aromatic N) is 1. The predicted molar refractivity (Wildman–Crippen MR) is 110 cm³/mol. The van der Waals surface area contributed by atoms with Gasteiger partial charge in [-0.25, -0.2) is 4.90 Å². The van der Waals surface area contributed by atoms with Gasteiger partial charge in [0.15, 0.2) is 11.5 Å². The van der Waals surface area contributed by atoms with E-state index in [-0.39, 0.29) is 48.4 Å². The van der Waals surface area contributed by atoms with Crippen molar-refractivity contribution in [3.8, 4) is 11.5 Å². The number of hydrogen-bond donors (Lipinski definition) is 1. The molecule has 3 heterocycles. The molecule has 3 aliphatic heterocycles. The van der Waals surface area contributed by atoms with Gasteiger partial charge in [-0.1, -0.05) is 23.7 Å². The summed E-state index contributed by atoms with van der Waals surface area (Å²) in [6, 6.07) is 12.7. The monoisotopic (exact) mass is 436 g/mol. The molecule has 7 rings (SSSR count). The molecule has 0 unspecified atom stereocenters. The minimum atomic E-state index is -0.361. The number of hydrogen-bond acceptors (Lipinski definition) is 6. The number of benzene rings is 2. The second-order valence-electron chi connectivity index (χ2n) is 8.58. The van der Waals surface area contributed by atoms with E-state index in [1.54, 1.807) is 18.2 Å². The molecule has 31 heavy (non-hydrogen) atoms. The van der Waals surface area contributed by atoms with Crippen molar-refractivity contribution >= 4 is 34.8 Å². The molecule has 5 aliphatic rings. The standard InChI is InChI=1S/C23H17ClN2O5/c24-11-3-1-10(2-4-11)20-19-13-8-14(21(19)31-25-20)18-17(13)22(27)26(23(18)28)12-5-6-15-16(7-12)30-9-29-15/h1-7,13-14,17-18,21,25H,8-9H2/t13-,14+,17-,18+,21-/m1/s1. The van der Waals surface area contributed by atoms with E-state index >= 15 is 0 Å². The van der Waals surface area contributed by atoms with Gasteiger partial charge in [0.05, 0.1) is 23.2 Å². The summed E-state index contributed by atoms with van der Waals surface area (Å²) >= 11 is 6.04. The Bertz CT molecular complexity index is 1190. The smallest absolute Gasteiger partial charge is 0.238 e. The molecule has 5 atom stereocenters. The van der Waals surface area contributed by atoms with Crippen molar-refractivity contribution in [1.29, 1.82) is 0 Å². The SMILES string of the molecule is O=C1[C@H]2[C@@H]3C[C@@H](C4=C(c5ccc(Cl)cc5)NO[C@@H]43)[C@H]2C(=O)N1c1ccc2c(c1)OCO2. The molecule has 2 saturated carbocycles. The molecule has 2 aliphatic carbocycles. The average molecular weight is 437 g/mol. The van der Waals surface area contributed by atoms with Gasteiger partial charge in [0, 0.05) is 22.6 Å². The summed E-state index contributed by atoms with van der Waals surface area (Å²) in [5, 5.41) is 0.661. The molecule has 3 fully saturated rings. The van der Waals surface area contributed by atoms with E-state index in [1.165, 1.54) is 4.90 Å². The fraction of sp³-hybridized carbons (Fsp3) is 0.304. The highest BCUT2D eigenvalue weighted by atomic mass is 35.5. The van der Waals surface area contributed by atoms with Crippen LogP contribution in [0.1, 0.15) is 12.0 Å². The highest BCUT2D eigenvalue weighted by Crippen LogP contribution is 2.62. The zero-order chi connectivity index (χ0) is 20.9. The third kappa shape index (κ3) is 2.22. The lowest BCUT2D eigenvalue weighted by Gasteiger charge is -2.26. The second kappa shape index (κ2) is 6.02. The van der Waals surface area contributed by atoms with Crippen molar-refractivity contribution < 1.29 is 23.9 Å². The topological polar surface area (TPSA) is 77.1 Å². The highest BCUT2D eigenvalue weighted by Gasteiger charge is 2.68. The van der Waals surface area contributed by atoms with Crippen molar-refractivity contribution in [3.63, 3.8) is 0 Å². The maximum atomic E-state index is 13.5. The van der Waals surface area contributed by atoms with Crippen LogP contribution >= 0.6 is 11.6 Å². The fourth-order valence-electron chi connectivity index (χ4n) is 6.03. The predicted octanol–water partition coefficient (Wildman–Crippen LogP) is 3.14. The van der Waals surface area contributed by atoms with E-state index in [2.05, 4.69) is 5.48 Å². The number of carbonyl (C=O) groups is 2. The Kier molecular flexibility index (Phi) is 3.42. The van der Waals surface area contributed by atoms with Crippen LogP contribution < -0.4 is 19.9 Å². The number of halogens is 1. The molecule has 0 aromatic heterocycles. The fourth-order valence-corrected chi connectivity index (χ4v) is 6.15. The zero-order valence-electron chi connectivity index (χ0n) is 16.2. The summed E-state index contributed by atoms with van der Waals surface area (Å²) < 4.78 is 10.8. The van der Waals surface area contributed by atoms with Crippen molar-refractivity contribution in [2.24, 2.45) is 23.7 Å². The number of carbonyl (C=O) groups excluding carboxylic acids is 2. The summed E-state index contributed by atoms with van der Waals surface area (Å²) in [6.45, 7) is 0.143. The third-order valence-corrected chi connectivity index (χ3v) is 7.49. The number of imide groups is 1. The number of nitrogens with one attached hydrogen (secondary N) is 1. The van der Waals surface area contributed by atoms with Crippen LogP contribution in [0.5, 0.6) is 11.5 Å². The number of rotatable bonds is 2. The van der Waals surface area contributed by atoms with Gasteiger partial charge in [-0.3, -0.25) is 19.9 Å². The Hall–Kier alpha value is -3.03. The summed E-state index contributed by atoms with van der Waals surface area (Å²) in [7, 11) is 0. The summed E-state index contributed by atoms with van der Waals surface area (Å²) in [5.41, 5.74) is 6.55. The maximum absolute atomic E-state index is 13.5. The summed E-state index contributed by atoms with van der Waals surface area (Å²) in [4.78, 5) is 34.1. The van der Waals surface area contributed by atoms with Gasteiger partial charge < -0.3 is 9.47 Å². The van der Waals surface area contributed by atoms with E-state index in [0.29, 0.717) is 22.2 Å². The first kappa shape index (κ1) is 17.6. The molecule has 7 nitrogen and oxygen atoms in total. The van der Waals surface area contributed by atoms with Gasteiger partial charge in [0.25, 0.3) is 0 Å². The number of amides is 2. The van der Waals surface area contributed by atoms with Crippen LogP contribution in [0.15, 0.2) is 48.0 Å². The lowest BCUT2D eigenvalue weighted by molar-refractivity contribution is -0.124. The quantitative estimate of drug-likeness (QED) is 0.729. The van der Waals surface area contributed by atoms with E-state index in [9.17, 15) is 9.59 Å². The molecule has 1 N–H and O–H groups in total. The number of anilines is 1. The molecule has 2 amide bonds. The van der Waals surface area contributed by atoms with Crippen LogP contribution in [-0.2, 0) is 14.4 Å². The van der Waals surface area contributed by atoms with Crippen LogP contribution in [0.25, 0.3) is 5.70 Å². The molecule has 0 radical (unpaired) electrons. The van der Waals surface area contributed by atoms with Gasteiger partial charge in [0.2, 0.25) is 18.6 Å². The molecule has 156 valence electrons. The zero-order valence-corrected chi connectivity index (χ0v) is 17.0. The molecule has 2 bridgehead atoms. The first-order valence-electron chi connectivity index (χ1n) is 10.3. The van der Waals surface area contributed by atoms with Crippen molar-refractivity contribution in [3.05, 3.63) is 58.6 Å². The van der Waals surface area contributed by atoms with Gasteiger partial charge in [0.1, 0.15) is 6.10 Å². The first-order chi connectivity index (χ1) is 15.1. The molecule has 8 heteroatoms. The molecule has 2 aromatic rings. The van der Waals surface area contributed by atoms with Gasteiger partial charge in [-0.05, 0) is 42.2 Å². The number of hydroxylamine groups is 1. The minimum Gasteiger partial charge on any atom is -0.454 e. The average Bonchev–Trinajstić information content (AvgIpc) is 3.55. The number of fused-ring (bicyclic) bond motifs is 9. The van der Waals surface area contributed by atoms with Crippen LogP contribution in [0.4, 0.5) is 5.69 Å². The van der Waals surface area contributed by atoms with Crippen molar-refractivity contribution in [2.45, 2.75) is 12.5 Å². The van der Waals surface area contributed by atoms with Crippen molar-refractivity contribution in [1.82, 2.24) is 5.48 Å². The van der Waals surface area contributed by atoms with Crippen molar-refractivity contribution in [2.75, 3.05) is 11.7 Å². The summed E-state index contributed by atoms with van der Waals surface area (Å²) in [6.07, 6.45) is 0.603. The summed E-state index contributed by atoms with van der Waals surface area (Å²) in [5.74, 6) is 0.126. The molecular weight excluding hydrogens is 420 g/mol. The third-order valence-electron chi connectivity index (χ3n) is 7.24. The van der Waals surface area contributed by atoms with Gasteiger partial charge >= 0.3 is 0 Å². The van der Waals surface area contributed by atoms with Crippen LogP contribution in [0.2, 0.25) is 5.02 Å². The van der Waals surface area contributed by atoms with E-state index in [0.717, 1.165) is 23.3 Å². The lowest BCUT2D eigenvalue weighted by Crippen LogP contribution is -2.35. The van der Waals surface area contributed by atoms with Gasteiger partial charge in [-0.2, -0.15) is 0 Å². The Labute approximate surface area is 182 Å². The highest BCUT2D eigenvalue weighted by molar-refractivity contribution is 6.30. The minimum absolute atomic E-state index is 0.0160. The Morgan fingerprint density at radius 1 is 0.968 bits per heavy atom. The molecule has 2 aromatic carbocycles. The lowest BCUT2D eigenvalue weighted by atomic mass is 9.76. The second-order valence-corrected chi connectivity index (χ2v) is 9.02. The normalized spacial score (nSPS) is 32.0. The van der Waals surface area contributed by atoms with E-state index in [1.807, 2.05) is 24.3 Å². The molecule has 0 spiro atoms. The Morgan fingerprint density at radius 3 is 2.58 bits per heavy atom. The van der Waals surface area contributed by atoms with E-state index in [4.69, 9.17) is 25.9 Å². The molecule has 1 saturated heterocycles. The van der Waals surface area contributed by atoms with Crippen LogP contribution in [0.3, 0.4) is 0 Å². The Morgan fingerprint density at radius 2 is 1.74 bits per heavy atom. The van der Waals surface area contributed by atoms with Gasteiger partial charge in [-0.15, -0.1) is 0 Å². The van der Waals surface area contributed by atoms with E-state index < -0.39 is 0 Å². The van der Waals surface area contributed by atoms with Crippen LogP contribution in [0, 0.1) is 23.7 Å². The van der Waals surface area contributed by atoms with Crippen LogP contribution in [-0.4, -0.2) is 24.7 Å². The largest absolute Gasteiger partial charge is 0.454 e. The number of ether oxygens (including phenoxy) is 2. The Balaban J connectivity index is 1.28. The first-order valence-corrected chi connectivity index (χ1v) is 10.7. The molecular formula is C23H17ClN2O5. The maximum Gasteiger partial charge on any atom is 0.238 e.